The van der Waals surface area contributed by atoms with Crippen LogP contribution in [-0.2, 0) is 13.1 Å². The Morgan fingerprint density at radius 1 is 1.45 bits per heavy atom. The summed E-state index contributed by atoms with van der Waals surface area (Å²) in [5.74, 6) is 1.09. The zero-order valence-electron chi connectivity index (χ0n) is 6.69. The summed E-state index contributed by atoms with van der Waals surface area (Å²) in [7, 11) is 2.12. The second-order valence-electron chi connectivity index (χ2n) is 2.99. The van der Waals surface area contributed by atoms with E-state index in [4.69, 9.17) is 0 Å². The van der Waals surface area contributed by atoms with Crippen molar-refractivity contribution in [1.82, 2.24) is 19.7 Å². The minimum atomic E-state index is 0.931. The van der Waals surface area contributed by atoms with Gasteiger partial charge in [0.1, 0.15) is 12.2 Å². The molecule has 0 atom stereocenters. The summed E-state index contributed by atoms with van der Waals surface area (Å²) in [5, 5.41) is 4.13. The summed E-state index contributed by atoms with van der Waals surface area (Å²) in [6, 6.07) is 0. The predicted molar refractivity (Wildman–Crippen MR) is 41.0 cm³/mol. The summed E-state index contributed by atoms with van der Waals surface area (Å²) in [5.41, 5.74) is 0. The van der Waals surface area contributed by atoms with Gasteiger partial charge in [0.15, 0.2) is 0 Å². The molecule has 2 heterocycles. The minimum Gasteiger partial charge on any atom is -0.299 e. The third-order valence-corrected chi connectivity index (χ3v) is 2.02. The molecule has 0 saturated carbocycles. The SMILES string of the molecule is CN1CCCn2ncnc2C1. The van der Waals surface area contributed by atoms with Crippen LogP contribution in [0.1, 0.15) is 12.2 Å². The average molecular weight is 152 g/mol. The first-order chi connectivity index (χ1) is 5.36. The quantitative estimate of drug-likeness (QED) is 0.529. The fraction of sp³-hybridized carbons (Fsp3) is 0.714. The average Bonchev–Trinajstić information content (AvgIpc) is 2.31. The maximum absolute atomic E-state index is 4.18. The highest BCUT2D eigenvalue weighted by Gasteiger charge is 2.11. The molecule has 0 N–H and O–H groups in total. The molecule has 0 aromatic carbocycles. The van der Waals surface area contributed by atoms with Crippen LogP contribution in [0.15, 0.2) is 6.33 Å². The van der Waals surface area contributed by atoms with E-state index in [0.29, 0.717) is 0 Å². The summed E-state index contributed by atoms with van der Waals surface area (Å²) >= 11 is 0. The number of fused-ring (bicyclic) bond motifs is 1. The highest BCUT2D eigenvalue weighted by atomic mass is 15.4. The van der Waals surface area contributed by atoms with E-state index in [-0.39, 0.29) is 0 Å². The van der Waals surface area contributed by atoms with E-state index in [1.165, 1.54) is 6.42 Å². The Labute approximate surface area is 65.8 Å². The maximum Gasteiger partial charge on any atom is 0.140 e. The van der Waals surface area contributed by atoms with Gasteiger partial charge in [0, 0.05) is 13.1 Å². The van der Waals surface area contributed by atoms with Crippen molar-refractivity contribution < 1.29 is 0 Å². The van der Waals surface area contributed by atoms with Crippen molar-refractivity contribution in [2.45, 2.75) is 19.5 Å². The van der Waals surface area contributed by atoms with E-state index < -0.39 is 0 Å². The van der Waals surface area contributed by atoms with Crippen molar-refractivity contribution in [3.63, 3.8) is 0 Å². The maximum atomic E-state index is 4.18. The molecular weight excluding hydrogens is 140 g/mol. The monoisotopic (exact) mass is 152 g/mol. The number of hydrogen-bond donors (Lipinski definition) is 0. The van der Waals surface area contributed by atoms with E-state index in [1.807, 2.05) is 4.68 Å². The predicted octanol–water partition coefficient (Wildman–Crippen LogP) is 0.114. The van der Waals surface area contributed by atoms with Crippen molar-refractivity contribution in [3.8, 4) is 0 Å². The van der Waals surface area contributed by atoms with Crippen molar-refractivity contribution in [3.05, 3.63) is 12.2 Å². The van der Waals surface area contributed by atoms with Crippen molar-refractivity contribution in [1.29, 1.82) is 0 Å². The smallest absolute Gasteiger partial charge is 0.140 e. The van der Waals surface area contributed by atoms with Crippen LogP contribution in [0.2, 0.25) is 0 Å². The molecule has 0 amide bonds. The van der Waals surface area contributed by atoms with Crippen LogP contribution in [-0.4, -0.2) is 33.3 Å². The molecular formula is C7H12N4. The zero-order valence-corrected chi connectivity index (χ0v) is 6.69. The van der Waals surface area contributed by atoms with Crippen LogP contribution in [0.4, 0.5) is 0 Å². The van der Waals surface area contributed by atoms with Crippen molar-refractivity contribution in [2.24, 2.45) is 0 Å². The first-order valence-corrected chi connectivity index (χ1v) is 3.91. The topological polar surface area (TPSA) is 34.0 Å². The van der Waals surface area contributed by atoms with Gasteiger partial charge in [-0.05, 0) is 13.5 Å². The van der Waals surface area contributed by atoms with Gasteiger partial charge in [0.25, 0.3) is 0 Å². The van der Waals surface area contributed by atoms with Gasteiger partial charge in [-0.3, -0.25) is 4.90 Å². The number of hydrogen-bond acceptors (Lipinski definition) is 3. The third kappa shape index (κ3) is 1.26. The van der Waals surface area contributed by atoms with Gasteiger partial charge in [0.05, 0.1) is 6.54 Å². The van der Waals surface area contributed by atoms with E-state index in [0.717, 1.165) is 25.5 Å². The lowest BCUT2D eigenvalue weighted by atomic mass is 10.4. The third-order valence-electron chi connectivity index (χ3n) is 2.02. The Bertz CT molecular complexity index is 242. The first-order valence-electron chi connectivity index (χ1n) is 3.91. The fourth-order valence-electron chi connectivity index (χ4n) is 1.41. The lowest BCUT2D eigenvalue weighted by Crippen LogP contribution is -2.17. The molecule has 0 saturated heterocycles. The molecule has 1 aromatic rings. The highest BCUT2D eigenvalue weighted by molar-refractivity contribution is 4.85. The Hall–Kier alpha value is -0.900. The molecule has 0 fully saturated rings. The largest absolute Gasteiger partial charge is 0.299 e. The van der Waals surface area contributed by atoms with Crippen LogP contribution in [0.5, 0.6) is 0 Å². The molecule has 4 heteroatoms. The lowest BCUT2D eigenvalue weighted by Gasteiger charge is -2.09. The normalized spacial score (nSPS) is 19.4. The van der Waals surface area contributed by atoms with Crippen molar-refractivity contribution >= 4 is 0 Å². The molecule has 60 valence electrons. The second-order valence-corrected chi connectivity index (χ2v) is 2.99. The van der Waals surface area contributed by atoms with E-state index >= 15 is 0 Å². The molecule has 0 unspecified atom stereocenters. The lowest BCUT2D eigenvalue weighted by molar-refractivity contribution is 0.329. The van der Waals surface area contributed by atoms with E-state index in [2.05, 4.69) is 22.0 Å². The van der Waals surface area contributed by atoms with E-state index in [1.54, 1.807) is 6.33 Å². The van der Waals surface area contributed by atoms with Gasteiger partial charge in [-0.1, -0.05) is 0 Å². The summed E-state index contributed by atoms with van der Waals surface area (Å²) in [4.78, 5) is 6.45. The molecule has 0 radical (unpaired) electrons. The molecule has 0 bridgehead atoms. The molecule has 1 aliphatic heterocycles. The number of aromatic nitrogens is 3. The Morgan fingerprint density at radius 2 is 2.36 bits per heavy atom. The van der Waals surface area contributed by atoms with Crippen LogP contribution < -0.4 is 0 Å². The molecule has 2 rings (SSSR count). The van der Waals surface area contributed by atoms with Gasteiger partial charge in [-0.2, -0.15) is 5.10 Å². The van der Waals surface area contributed by atoms with Crippen LogP contribution in [0, 0.1) is 0 Å². The number of aryl methyl sites for hydroxylation is 1. The fourth-order valence-corrected chi connectivity index (χ4v) is 1.41. The zero-order chi connectivity index (χ0) is 7.68. The van der Waals surface area contributed by atoms with E-state index in [9.17, 15) is 0 Å². The molecule has 1 aromatic heterocycles. The first kappa shape index (κ1) is 6.79. The molecule has 0 spiro atoms. The van der Waals surface area contributed by atoms with Gasteiger partial charge in [-0.15, -0.1) is 0 Å². The van der Waals surface area contributed by atoms with Crippen LogP contribution >= 0.6 is 0 Å². The molecule has 11 heavy (non-hydrogen) atoms. The highest BCUT2D eigenvalue weighted by Crippen LogP contribution is 2.05. The van der Waals surface area contributed by atoms with Crippen LogP contribution in [0.3, 0.4) is 0 Å². The Morgan fingerprint density at radius 3 is 3.27 bits per heavy atom. The summed E-state index contributed by atoms with van der Waals surface area (Å²) in [6.45, 7) is 3.09. The van der Waals surface area contributed by atoms with Crippen molar-refractivity contribution in [2.75, 3.05) is 13.6 Å². The molecule has 0 aliphatic carbocycles. The molecule has 1 aliphatic rings. The van der Waals surface area contributed by atoms with Gasteiger partial charge in [-0.25, -0.2) is 9.67 Å². The number of rotatable bonds is 0. The van der Waals surface area contributed by atoms with Gasteiger partial charge < -0.3 is 0 Å². The Kier molecular flexibility index (Phi) is 1.62. The number of nitrogens with zero attached hydrogens (tertiary/aromatic N) is 4. The van der Waals surface area contributed by atoms with Crippen LogP contribution in [0.25, 0.3) is 0 Å². The standard InChI is InChI=1S/C7H12N4/c1-10-3-2-4-11-7(5-10)8-6-9-11/h6H,2-5H2,1H3. The second kappa shape index (κ2) is 2.62. The summed E-state index contributed by atoms with van der Waals surface area (Å²) in [6.07, 6.45) is 2.81. The van der Waals surface area contributed by atoms with Gasteiger partial charge >= 0.3 is 0 Å². The summed E-state index contributed by atoms with van der Waals surface area (Å²) < 4.78 is 1.99. The Balaban J connectivity index is 2.26. The minimum absolute atomic E-state index is 0.931. The molecule has 4 nitrogen and oxygen atoms in total. The van der Waals surface area contributed by atoms with Gasteiger partial charge in [0.2, 0.25) is 0 Å².